The largest absolute Gasteiger partial charge is 0.495 e. The number of carbonyl (C=O) groups excluding carboxylic acids is 2. The first-order chi connectivity index (χ1) is 14.4. The molecule has 1 heterocycles. The normalized spacial score (nSPS) is 17.5. The van der Waals surface area contributed by atoms with Crippen LogP contribution in [0.15, 0.2) is 53.2 Å². The van der Waals surface area contributed by atoms with Gasteiger partial charge in [0.15, 0.2) is 5.78 Å². The Hall–Kier alpha value is -1.88. The molecule has 2 aromatic rings. The van der Waals surface area contributed by atoms with Gasteiger partial charge in [0.05, 0.1) is 34.5 Å². The number of rotatable bonds is 4. The lowest BCUT2D eigenvalue weighted by molar-refractivity contribution is -0.138. The van der Waals surface area contributed by atoms with Gasteiger partial charge in [-0.2, -0.15) is 0 Å². The average Bonchev–Trinajstić information content (AvgIpc) is 2.99. The summed E-state index contributed by atoms with van der Waals surface area (Å²) in [7, 11) is 1.61. The van der Waals surface area contributed by atoms with Crippen LogP contribution < -0.4 is 10.1 Å². The predicted molar refractivity (Wildman–Crippen MR) is 131 cm³/mol. The molecule has 1 atom stereocenters. The Bertz CT molecular complexity index is 1150. The summed E-state index contributed by atoms with van der Waals surface area (Å²) in [4.78, 5) is 26.5. The average molecular weight is 627 g/mol. The highest BCUT2D eigenvalue weighted by Gasteiger charge is 2.44. The summed E-state index contributed by atoms with van der Waals surface area (Å²) < 4.78 is 13.0. The van der Waals surface area contributed by atoms with E-state index in [9.17, 15) is 9.59 Å². The first kappa shape index (κ1) is 21.4. The lowest BCUT2D eigenvalue weighted by Crippen LogP contribution is -2.29. The van der Waals surface area contributed by atoms with E-state index in [1.165, 1.54) is 0 Å². The van der Waals surface area contributed by atoms with Crippen LogP contribution in [0.1, 0.15) is 41.3 Å². The zero-order chi connectivity index (χ0) is 21.6. The van der Waals surface area contributed by atoms with Crippen molar-refractivity contribution in [3.8, 4) is 5.75 Å². The van der Waals surface area contributed by atoms with Crippen LogP contribution >= 0.6 is 45.2 Å². The quantitative estimate of drug-likeness (QED) is 0.381. The number of esters is 1. The summed E-state index contributed by atoms with van der Waals surface area (Å²) in [5, 5.41) is 3.31. The topological polar surface area (TPSA) is 64.6 Å². The van der Waals surface area contributed by atoms with Gasteiger partial charge in [0.25, 0.3) is 0 Å². The number of methoxy groups -OCH3 is 1. The number of ether oxygens (including phenoxy) is 2. The van der Waals surface area contributed by atoms with Crippen molar-refractivity contribution in [3.05, 3.63) is 77.1 Å². The lowest BCUT2D eigenvalue weighted by Gasteiger charge is -2.30. The standard InChI is InChI=1S/C23H19I2NO4/c1-4-30-23(28)17-11(2)26-20-13-7-5-6-8-14(13)21(27)19(20)18(17)15-9-12(24)10-16(25)22(15)29-3/h5-10,18,26H,4H2,1-3H3/t18-/m1/s1. The number of halogens is 2. The summed E-state index contributed by atoms with van der Waals surface area (Å²) in [6.45, 7) is 3.87. The molecule has 1 aliphatic heterocycles. The third-order valence-electron chi connectivity index (χ3n) is 5.30. The number of carbonyl (C=O) groups is 2. The molecule has 0 bridgehead atoms. The molecule has 7 heteroatoms. The molecule has 2 aromatic carbocycles. The third kappa shape index (κ3) is 3.35. The van der Waals surface area contributed by atoms with Crippen molar-refractivity contribution in [1.29, 1.82) is 0 Å². The van der Waals surface area contributed by atoms with Crippen LogP contribution in [0.2, 0.25) is 0 Å². The number of hydrogen-bond donors (Lipinski definition) is 1. The maximum Gasteiger partial charge on any atom is 0.336 e. The predicted octanol–water partition coefficient (Wildman–Crippen LogP) is 5.04. The minimum absolute atomic E-state index is 0.0803. The molecule has 4 rings (SSSR count). The number of Topliss-reactive ketones (excluding diaryl/α,β-unsaturated/α-hetero) is 1. The highest BCUT2D eigenvalue weighted by Crippen LogP contribution is 2.49. The van der Waals surface area contributed by atoms with E-state index in [1.807, 2.05) is 43.3 Å². The number of nitrogens with one attached hydrogen (secondary N) is 1. The van der Waals surface area contributed by atoms with Gasteiger partial charge in [0, 0.05) is 31.5 Å². The molecule has 0 amide bonds. The monoisotopic (exact) mass is 627 g/mol. The Morgan fingerprint density at radius 2 is 1.87 bits per heavy atom. The maximum atomic E-state index is 13.5. The van der Waals surface area contributed by atoms with Crippen LogP contribution in [0.4, 0.5) is 0 Å². The Morgan fingerprint density at radius 3 is 2.53 bits per heavy atom. The van der Waals surface area contributed by atoms with Gasteiger partial charge in [-0.1, -0.05) is 24.3 Å². The molecular weight excluding hydrogens is 608 g/mol. The van der Waals surface area contributed by atoms with Crippen molar-refractivity contribution in [1.82, 2.24) is 5.32 Å². The summed E-state index contributed by atoms with van der Waals surface area (Å²) in [6.07, 6.45) is 0. The van der Waals surface area contributed by atoms with E-state index in [0.29, 0.717) is 28.2 Å². The number of hydrogen-bond acceptors (Lipinski definition) is 5. The van der Waals surface area contributed by atoms with E-state index in [0.717, 1.165) is 24.0 Å². The molecule has 30 heavy (non-hydrogen) atoms. The highest BCUT2D eigenvalue weighted by molar-refractivity contribution is 14.1. The van der Waals surface area contributed by atoms with Crippen LogP contribution in [0, 0.1) is 7.14 Å². The molecule has 0 fully saturated rings. The van der Waals surface area contributed by atoms with Crippen molar-refractivity contribution >= 4 is 62.6 Å². The fourth-order valence-corrected chi connectivity index (χ4v) is 6.24. The van der Waals surface area contributed by atoms with E-state index in [-0.39, 0.29) is 12.4 Å². The number of benzene rings is 2. The maximum absolute atomic E-state index is 13.5. The van der Waals surface area contributed by atoms with E-state index in [1.54, 1.807) is 14.0 Å². The summed E-state index contributed by atoms with van der Waals surface area (Å²) >= 11 is 4.46. The van der Waals surface area contributed by atoms with Crippen molar-refractivity contribution < 1.29 is 19.1 Å². The van der Waals surface area contributed by atoms with Gasteiger partial charge in [-0.05, 0) is 71.2 Å². The zero-order valence-corrected chi connectivity index (χ0v) is 21.0. The molecule has 2 aliphatic rings. The van der Waals surface area contributed by atoms with Gasteiger partial charge in [-0.15, -0.1) is 0 Å². The molecule has 154 valence electrons. The second-order valence-corrected chi connectivity index (χ2v) is 9.40. The summed E-state index contributed by atoms with van der Waals surface area (Å²) in [5.41, 5.74) is 4.70. The molecule has 0 unspecified atom stereocenters. The Labute approximate surface area is 202 Å². The minimum Gasteiger partial charge on any atom is -0.495 e. The van der Waals surface area contributed by atoms with Gasteiger partial charge in [0.2, 0.25) is 0 Å². The van der Waals surface area contributed by atoms with Crippen molar-refractivity contribution in [2.45, 2.75) is 19.8 Å². The second kappa shape index (κ2) is 8.33. The highest BCUT2D eigenvalue weighted by atomic mass is 127. The van der Waals surface area contributed by atoms with Gasteiger partial charge < -0.3 is 14.8 Å². The number of allylic oxidation sites excluding steroid dienone is 2. The lowest BCUT2D eigenvalue weighted by atomic mass is 9.79. The minimum atomic E-state index is -0.585. The van der Waals surface area contributed by atoms with Crippen molar-refractivity contribution in [3.63, 3.8) is 0 Å². The second-order valence-electron chi connectivity index (χ2n) is 6.99. The van der Waals surface area contributed by atoms with Gasteiger partial charge >= 0.3 is 5.97 Å². The van der Waals surface area contributed by atoms with E-state index < -0.39 is 11.9 Å². The Balaban J connectivity index is 2.02. The first-order valence-corrected chi connectivity index (χ1v) is 11.6. The molecule has 1 N–H and O–H groups in total. The number of dihydropyridines is 1. The van der Waals surface area contributed by atoms with Crippen LogP contribution in [0.5, 0.6) is 5.75 Å². The summed E-state index contributed by atoms with van der Waals surface area (Å²) in [6, 6.07) is 11.5. The molecule has 0 aromatic heterocycles. The van der Waals surface area contributed by atoms with Gasteiger partial charge in [0.1, 0.15) is 5.75 Å². The molecule has 0 spiro atoms. The third-order valence-corrected chi connectivity index (χ3v) is 6.72. The van der Waals surface area contributed by atoms with Crippen LogP contribution in [-0.4, -0.2) is 25.5 Å². The number of fused-ring (bicyclic) bond motifs is 2. The SMILES string of the molecule is CCOC(=O)C1=C(C)NC2=C(C(=O)c3ccccc32)[C@@H]1c1cc(I)cc(I)c1OC. The fraction of sp³-hybridized carbons (Fsp3) is 0.217. The van der Waals surface area contributed by atoms with Crippen molar-refractivity contribution in [2.24, 2.45) is 0 Å². The van der Waals surface area contributed by atoms with Gasteiger partial charge in [-0.3, -0.25) is 4.79 Å². The zero-order valence-electron chi connectivity index (χ0n) is 16.6. The first-order valence-electron chi connectivity index (χ1n) is 9.45. The molecule has 5 nitrogen and oxygen atoms in total. The molecular formula is C23H19I2NO4. The smallest absolute Gasteiger partial charge is 0.336 e. The van der Waals surface area contributed by atoms with Crippen LogP contribution in [0.25, 0.3) is 5.70 Å². The van der Waals surface area contributed by atoms with Crippen molar-refractivity contribution in [2.75, 3.05) is 13.7 Å². The van der Waals surface area contributed by atoms with Crippen LogP contribution in [-0.2, 0) is 9.53 Å². The fourth-order valence-electron chi connectivity index (χ4n) is 4.13. The summed E-state index contributed by atoms with van der Waals surface area (Å²) in [5.74, 6) is -0.437. The van der Waals surface area contributed by atoms with Gasteiger partial charge in [-0.25, -0.2) is 4.79 Å². The molecule has 0 saturated carbocycles. The molecule has 0 saturated heterocycles. The Morgan fingerprint density at radius 1 is 1.17 bits per heavy atom. The molecule has 1 aliphatic carbocycles. The number of ketones is 1. The Kier molecular flexibility index (Phi) is 5.93. The van der Waals surface area contributed by atoms with E-state index in [2.05, 4.69) is 50.5 Å². The molecule has 0 radical (unpaired) electrons. The van der Waals surface area contributed by atoms with E-state index in [4.69, 9.17) is 9.47 Å². The van der Waals surface area contributed by atoms with Crippen LogP contribution in [0.3, 0.4) is 0 Å². The van der Waals surface area contributed by atoms with E-state index >= 15 is 0 Å².